The maximum atomic E-state index is 10.8. The Morgan fingerprint density at radius 3 is 2.88 bits per heavy atom. The van der Waals surface area contributed by atoms with Crippen molar-refractivity contribution in [3.05, 3.63) is 28.2 Å². The zero-order valence-corrected chi connectivity index (χ0v) is 9.57. The number of ether oxygens (including phenoxy) is 1. The largest absolute Gasteiger partial charge is 0.378 e. The summed E-state index contributed by atoms with van der Waals surface area (Å²) >= 11 is 0. The number of hydrogen-bond donors (Lipinski definition) is 0. The summed E-state index contributed by atoms with van der Waals surface area (Å²) in [5.74, 6) is 0. The van der Waals surface area contributed by atoms with Crippen LogP contribution in [-0.4, -0.2) is 45.9 Å². The first-order valence-electron chi connectivity index (χ1n) is 5.35. The first-order chi connectivity index (χ1) is 8.18. The van der Waals surface area contributed by atoms with Crippen LogP contribution in [-0.2, 0) is 11.8 Å². The van der Waals surface area contributed by atoms with Gasteiger partial charge in [-0.05, 0) is 6.08 Å². The fourth-order valence-electron chi connectivity index (χ4n) is 1.67. The Hall–Kier alpha value is -1.89. The maximum Gasteiger partial charge on any atom is 0.314 e. The molecule has 1 aliphatic rings. The Morgan fingerprint density at radius 2 is 2.24 bits per heavy atom. The molecule has 0 atom stereocenters. The lowest BCUT2D eigenvalue weighted by Gasteiger charge is -2.24. The Kier molecular flexibility index (Phi) is 3.38. The van der Waals surface area contributed by atoms with E-state index in [0.29, 0.717) is 18.9 Å². The van der Waals surface area contributed by atoms with E-state index in [9.17, 15) is 10.1 Å². The fraction of sp³-hybridized carbons (Fsp3) is 0.500. The van der Waals surface area contributed by atoms with E-state index >= 15 is 0 Å². The van der Waals surface area contributed by atoms with Crippen LogP contribution in [0.15, 0.2) is 12.4 Å². The fourth-order valence-corrected chi connectivity index (χ4v) is 1.67. The topological polar surface area (TPSA) is 73.4 Å². The molecule has 1 saturated heterocycles. The molecule has 0 spiro atoms. The molecule has 0 aliphatic carbocycles. The van der Waals surface area contributed by atoms with Crippen LogP contribution in [0.5, 0.6) is 0 Å². The quantitative estimate of drug-likeness (QED) is 0.570. The molecule has 7 heteroatoms. The predicted molar refractivity (Wildman–Crippen MR) is 61.3 cm³/mol. The van der Waals surface area contributed by atoms with E-state index in [4.69, 9.17) is 4.74 Å². The molecule has 0 saturated carbocycles. The molecule has 7 nitrogen and oxygen atoms in total. The van der Waals surface area contributed by atoms with Gasteiger partial charge in [-0.1, -0.05) is 0 Å². The van der Waals surface area contributed by atoms with Gasteiger partial charge in [-0.25, -0.2) is 0 Å². The number of aromatic nitrogens is 2. The molecule has 0 N–H and O–H groups in total. The Bertz CT molecular complexity index is 435. The van der Waals surface area contributed by atoms with Crippen molar-refractivity contribution < 1.29 is 9.66 Å². The summed E-state index contributed by atoms with van der Waals surface area (Å²) in [4.78, 5) is 12.4. The lowest BCUT2D eigenvalue weighted by atomic mass is 10.3. The van der Waals surface area contributed by atoms with Gasteiger partial charge in [0.25, 0.3) is 0 Å². The molecule has 17 heavy (non-hydrogen) atoms. The van der Waals surface area contributed by atoms with Gasteiger partial charge in [-0.3, -0.25) is 14.8 Å². The van der Waals surface area contributed by atoms with Crippen LogP contribution in [0, 0.1) is 10.1 Å². The third-order valence-corrected chi connectivity index (χ3v) is 2.65. The molecular weight excluding hydrogens is 224 g/mol. The molecule has 2 rings (SSSR count). The zero-order chi connectivity index (χ0) is 12.3. The average Bonchev–Trinajstić information content (AvgIpc) is 2.69. The first-order valence-corrected chi connectivity index (χ1v) is 5.35. The average molecular weight is 238 g/mol. The van der Waals surface area contributed by atoms with Gasteiger partial charge in [0, 0.05) is 26.3 Å². The van der Waals surface area contributed by atoms with Crippen molar-refractivity contribution in [1.29, 1.82) is 0 Å². The minimum Gasteiger partial charge on any atom is -0.378 e. The highest BCUT2D eigenvalue weighted by atomic mass is 16.6. The van der Waals surface area contributed by atoms with Gasteiger partial charge >= 0.3 is 5.69 Å². The molecule has 1 aromatic rings. The van der Waals surface area contributed by atoms with E-state index in [-0.39, 0.29) is 5.69 Å². The first kappa shape index (κ1) is 11.6. The van der Waals surface area contributed by atoms with Crippen molar-refractivity contribution >= 4 is 11.8 Å². The molecule has 0 unspecified atom stereocenters. The lowest BCUT2D eigenvalue weighted by molar-refractivity contribution is -0.385. The number of nitro groups is 1. The van der Waals surface area contributed by atoms with Gasteiger partial charge in [-0.2, -0.15) is 5.10 Å². The molecule has 1 aliphatic heterocycles. The van der Waals surface area contributed by atoms with Crippen molar-refractivity contribution in [1.82, 2.24) is 14.7 Å². The molecule has 92 valence electrons. The standard InChI is InChI=1S/C10H14N4O3/c1-12-9(10(8-11-12)14(15)16)2-3-13-4-6-17-7-5-13/h2-3,8H,4-7H2,1H3. The van der Waals surface area contributed by atoms with Crippen LogP contribution in [0.4, 0.5) is 5.69 Å². The van der Waals surface area contributed by atoms with Crippen molar-refractivity contribution in [2.75, 3.05) is 26.3 Å². The predicted octanol–water partition coefficient (Wildman–Crippen LogP) is 0.631. The number of hydrogen-bond acceptors (Lipinski definition) is 5. The third kappa shape index (κ3) is 2.62. The monoisotopic (exact) mass is 238 g/mol. The van der Waals surface area contributed by atoms with Crippen LogP contribution in [0.25, 0.3) is 6.08 Å². The number of morpholine rings is 1. The smallest absolute Gasteiger partial charge is 0.314 e. The van der Waals surface area contributed by atoms with Crippen LogP contribution in [0.2, 0.25) is 0 Å². The Balaban J connectivity index is 2.14. The normalized spacial score (nSPS) is 16.6. The summed E-state index contributed by atoms with van der Waals surface area (Å²) in [6.45, 7) is 3.00. The second-order valence-corrected chi connectivity index (χ2v) is 3.76. The van der Waals surface area contributed by atoms with Crippen LogP contribution < -0.4 is 0 Å². The summed E-state index contributed by atoms with van der Waals surface area (Å²) in [7, 11) is 1.69. The minimum atomic E-state index is -0.425. The molecule has 0 bridgehead atoms. The highest BCUT2D eigenvalue weighted by molar-refractivity contribution is 5.56. The van der Waals surface area contributed by atoms with E-state index in [1.165, 1.54) is 10.9 Å². The van der Waals surface area contributed by atoms with E-state index < -0.39 is 4.92 Å². The van der Waals surface area contributed by atoms with E-state index in [1.807, 2.05) is 6.20 Å². The van der Waals surface area contributed by atoms with Gasteiger partial charge in [0.05, 0.1) is 18.1 Å². The van der Waals surface area contributed by atoms with E-state index in [0.717, 1.165) is 13.1 Å². The summed E-state index contributed by atoms with van der Waals surface area (Å²) in [6.07, 6.45) is 4.84. The van der Waals surface area contributed by atoms with Gasteiger partial charge < -0.3 is 9.64 Å². The second kappa shape index (κ2) is 4.96. The van der Waals surface area contributed by atoms with Gasteiger partial charge in [0.1, 0.15) is 11.9 Å². The summed E-state index contributed by atoms with van der Waals surface area (Å²) in [5.41, 5.74) is 0.526. The summed E-state index contributed by atoms with van der Waals surface area (Å²) in [5, 5.41) is 14.7. The molecule has 1 aromatic heterocycles. The van der Waals surface area contributed by atoms with Gasteiger partial charge in [-0.15, -0.1) is 0 Å². The van der Waals surface area contributed by atoms with Crippen LogP contribution in [0.3, 0.4) is 0 Å². The number of rotatable bonds is 3. The summed E-state index contributed by atoms with van der Waals surface area (Å²) in [6, 6.07) is 0. The van der Waals surface area contributed by atoms with Gasteiger partial charge in [0.15, 0.2) is 0 Å². The zero-order valence-electron chi connectivity index (χ0n) is 9.57. The molecular formula is C10H14N4O3. The lowest BCUT2D eigenvalue weighted by Crippen LogP contribution is -2.31. The highest BCUT2D eigenvalue weighted by Crippen LogP contribution is 2.18. The van der Waals surface area contributed by atoms with Crippen LogP contribution in [0.1, 0.15) is 5.69 Å². The van der Waals surface area contributed by atoms with Crippen molar-refractivity contribution in [3.8, 4) is 0 Å². The van der Waals surface area contributed by atoms with E-state index in [2.05, 4.69) is 10.00 Å². The van der Waals surface area contributed by atoms with Crippen molar-refractivity contribution in [3.63, 3.8) is 0 Å². The SMILES string of the molecule is Cn1ncc([N+](=O)[O-])c1C=CN1CCOCC1. The Labute approximate surface area is 98.4 Å². The summed E-state index contributed by atoms with van der Waals surface area (Å²) < 4.78 is 6.72. The number of aryl methyl sites for hydroxylation is 1. The molecule has 0 radical (unpaired) electrons. The molecule has 0 aromatic carbocycles. The molecule has 1 fully saturated rings. The highest BCUT2D eigenvalue weighted by Gasteiger charge is 2.16. The molecule has 2 heterocycles. The maximum absolute atomic E-state index is 10.8. The third-order valence-electron chi connectivity index (χ3n) is 2.65. The van der Waals surface area contributed by atoms with Crippen molar-refractivity contribution in [2.45, 2.75) is 0 Å². The van der Waals surface area contributed by atoms with Crippen molar-refractivity contribution in [2.24, 2.45) is 7.05 Å². The van der Waals surface area contributed by atoms with Crippen LogP contribution >= 0.6 is 0 Å². The Morgan fingerprint density at radius 1 is 1.53 bits per heavy atom. The number of nitrogens with zero attached hydrogens (tertiary/aromatic N) is 4. The van der Waals surface area contributed by atoms with E-state index in [1.54, 1.807) is 13.1 Å². The molecule has 0 amide bonds. The second-order valence-electron chi connectivity index (χ2n) is 3.76. The minimum absolute atomic E-state index is 0.0250. The van der Waals surface area contributed by atoms with Gasteiger partial charge in [0.2, 0.25) is 0 Å².